The number of aliphatic hydroxyl groups excluding tert-OH is 1. The molecule has 5 heteroatoms. The Balaban J connectivity index is 2.11. The van der Waals surface area contributed by atoms with Gasteiger partial charge in [-0.05, 0) is 6.42 Å². The molecule has 1 rings (SSSR count). The smallest absolute Gasteiger partial charge is 0.309 e. The number of rotatable bonds is 18. The maximum Gasteiger partial charge on any atom is 0.309 e. The molecule has 0 saturated carbocycles. The van der Waals surface area contributed by atoms with E-state index < -0.39 is 5.97 Å². The predicted octanol–water partition coefficient (Wildman–Crippen LogP) is 4.77. The second-order valence-electron chi connectivity index (χ2n) is 8.12. The average molecular weight is 384 g/mol. The van der Waals surface area contributed by atoms with Crippen molar-refractivity contribution in [1.82, 2.24) is 0 Å². The lowest BCUT2D eigenvalue weighted by Crippen LogP contribution is -2.53. The van der Waals surface area contributed by atoms with Gasteiger partial charge in [0.2, 0.25) is 0 Å². The van der Waals surface area contributed by atoms with E-state index >= 15 is 0 Å². The Labute approximate surface area is 166 Å². The molecule has 1 heterocycles. The Morgan fingerprint density at radius 1 is 0.926 bits per heavy atom. The molecule has 0 bridgehead atoms. The summed E-state index contributed by atoms with van der Waals surface area (Å²) in [7, 11) is 0. The molecule has 0 amide bonds. The lowest BCUT2D eigenvalue weighted by molar-refractivity contribution is -0.836. The number of unbranched alkanes of at least 4 members (excludes halogenated alkanes) is 11. The third-order valence-corrected chi connectivity index (χ3v) is 5.91. The van der Waals surface area contributed by atoms with E-state index in [-0.39, 0.29) is 13.0 Å². The van der Waals surface area contributed by atoms with Crippen LogP contribution in [0, 0.1) is 0 Å². The normalized spacial score (nSPS) is 19.4. The zero-order valence-corrected chi connectivity index (χ0v) is 17.6. The summed E-state index contributed by atoms with van der Waals surface area (Å²) in [6, 6.07) is 0. The molecule has 0 aromatic carbocycles. The van der Waals surface area contributed by atoms with Gasteiger partial charge in [0.25, 0.3) is 0 Å². The van der Waals surface area contributed by atoms with Gasteiger partial charge in [0.1, 0.15) is 13.1 Å². The highest BCUT2D eigenvalue weighted by Crippen LogP contribution is 2.21. The van der Waals surface area contributed by atoms with Gasteiger partial charge in [0.15, 0.2) is 5.84 Å². The minimum absolute atomic E-state index is 0.0943. The lowest BCUT2D eigenvalue weighted by atomic mass is 10.0. The molecule has 0 spiro atoms. The molecule has 2 N–H and O–H groups in total. The van der Waals surface area contributed by atoms with Crippen LogP contribution < -0.4 is 0 Å². The van der Waals surface area contributed by atoms with E-state index in [0.717, 1.165) is 31.8 Å². The average Bonchev–Trinajstić information content (AvgIpc) is 3.04. The molecule has 0 saturated heterocycles. The van der Waals surface area contributed by atoms with Crippen molar-refractivity contribution in [3.63, 3.8) is 0 Å². The molecule has 27 heavy (non-hydrogen) atoms. The van der Waals surface area contributed by atoms with E-state index in [1.807, 2.05) is 0 Å². The Kier molecular flexibility index (Phi) is 13.4. The zero-order valence-electron chi connectivity index (χ0n) is 17.6. The molecular formula is C22H43N2O3+. The first-order valence-electron chi connectivity index (χ1n) is 11.4. The van der Waals surface area contributed by atoms with Gasteiger partial charge in [0, 0.05) is 6.42 Å². The number of hydrogen-bond acceptors (Lipinski definition) is 3. The molecule has 0 aromatic heterocycles. The van der Waals surface area contributed by atoms with Crippen LogP contribution >= 0.6 is 0 Å². The highest BCUT2D eigenvalue weighted by Gasteiger charge is 2.37. The van der Waals surface area contributed by atoms with E-state index in [2.05, 4.69) is 11.9 Å². The highest BCUT2D eigenvalue weighted by atomic mass is 16.4. The van der Waals surface area contributed by atoms with Crippen molar-refractivity contribution in [2.75, 3.05) is 32.8 Å². The van der Waals surface area contributed by atoms with Gasteiger partial charge in [-0.25, -0.2) is 4.99 Å². The molecule has 1 aliphatic rings. The number of nitrogens with zero attached hydrogens (tertiary/aromatic N) is 2. The van der Waals surface area contributed by atoms with Gasteiger partial charge in [-0.3, -0.25) is 9.28 Å². The van der Waals surface area contributed by atoms with E-state index in [9.17, 15) is 9.90 Å². The highest BCUT2D eigenvalue weighted by molar-refractivity contribution is 5.77. The fraction of sp³-hybridized carbons (Fsp3) is 0.909. The molecule has 0 fully saturated rings. The Hall–Kier alpha value is -0.940. The minimum atomic E-state index is -0.762. The molecule has 5 nitrogen and oxygen atoms in total. The summed E-state index contributed by atoms with van der Waals surface area (Å²) >= 11 is 0. The number of carbonyl (C=O) groups is 1. The number of carboxylic acid groups (broad SMARTS) is 1. The van der Waals surface area contributed by atoms with Crippen molar-refractivity contribution in [3.05, 3.63) is 0 Å². The van der Waals surface area contributed by atoms with Crippen LogP contribution in [0.25, 0.3) is 0 Å². The standard InChI is InChI=1S/C22H42N2O3/c1-2-3-4-5-6-7-8-9-10-11-12-13-14-21-23-16-18-24(21,19-20-25)17-15-22(26)27/h25H,2-20H2,1H3/p+1. The Morgan fingerprint density at radius 3 is 2.00 bits per heavy atom. The third kappa shape index (κ3) is 10.2. The summed E-state index contributed by atoms with van der Waals surface area (Å²) in [4.78, 5) is 15.6. The van der Waals surface area contributed by atoms with Crippen molar-refractivity contribution in [1.29, 1.82) is 0 Å². The van der Waals surface area contributed by atoms with Gasteiger partial charge in [-0.15, -0.1) is 0 Å². The Bertz CT molecular complexity index is 426. The van der Waals surface area contributed by atoms with Crippen LogP contribution in [0.2, 0.25) is 0 Å². The first-order valence-corrected chi connectivity index (χ1v) is 11.4. The van der Waals surface area contributed by atoms with E-state index in [1.54, 1.807) is 0 Å². The molecule has 0 aliphatic carbocycles. The second-order valence-corrected chi connectivity index (χ2v) is 8.12. The fourth-order valence-corrected chi connectivity index (χ4v) is 4.18. The van der Waals surface area contributed by atoms with E-state index in [1.165, 1.54) is 70.6 Å². The van der Waals surface area contributed by atoms with Gasteiger partial charge >= 0.3 is 5.97 Å². The topological polar surface area (TPSA) is 69.9 Å². The SMILES string of the molecule is CCCCCCCCCCCCCCC1=NCC[N+]1(CCO)CCC(=O)O. The van der Waals surface area contributed by atoms with Crippen molar-refractivity contribution in [3.8, 4) is 0 Å². The summed E-state index contributed by atoms with van der Waals surface area (Å²) in [5.41, 5.74) is 0. The summed E-state index contributed by atoms with van der Waals surface area (Å²) in [5, 5.41) is 18.4. The van der Waals surface area contributed by atoms with Crippen molar-refractivity contribution < 1.29 is 19.5 Å². The molecule has 1 atom stereocenters. The van der Waals surface area contributed by atoms with Crippen LogP contribution in [0.3, 0.4) is 0 Å². The van der Waals surface area contributed by atoms with E-state index in [0.29, 0.717) is 17.6 Å². The fourth-order valence-electron chi connectivity index (χ4n) is 4.18. The van der Waals surface area contributed by atoms with Crippen molar-refractivity contribution in [2.45, 2.75) is 96.8 Å². The number of amidine groups is 1. The quantitative estimate of drug-likeness (QED) is 0.264. The first kappa shape index (κ1) is 24.1. The number of aliphatic carboxylic acids is 1. The molecule has 158 valence electrons. The summed E-state index contributed by atoms with van der Waals surface area (Å²) < 4.78 is 0.598. The lowest BCUT2D eigenvalue weighted by Gasteiger charge is -2.34. The second kappa shape index (κ2) is 15.0. The van der Waals surface area contributed by atoms with Gasteiger partial charge in [-0.1, -0.05) is 77.6 Å². The molecular weight excluding hydrogens is 340 g/mol. The van der Waals surface area contributed by atoms with Crippen LogP contribution in [0.1, 0.15) is 96.8 Å². The zero-order chi connectivity index (χ0) is 19.8. The van der Waals surface area contributed by atoms with Crippen LogP contribution in [0.5, 0.6) is 0 Å². The predicted molar refractivity (Wildman–Crippen MR) is 112 cm³/mol. The maximum atomic E-state index is 11.0. The maximum absolute atomic E-state index is 11.0. The van der Waals surface area contributed by atoms with Crippen LogP contribution in [-0.2, 0) is 4.79 Å². The number of aliphatic hydroxyl groups is 1. The number of hydrogen-bond donors (Lipinski definition) is 2. The summed E-state index contributed by atoms with van der Waals surface area (Å²) in [6.45, 7) is 5.14. The van der Waals surface area contributed by atoms with Crippen LogP contribution in [0.4, 0.5) is 0 Å². The summed E-state index contributed by atoms with van der Waals surface area (Å²) in [5.74, 6) is 0.361. The number of aliphatic imine (C=N–C) groups is 1. The molecule has 0 aromatic rings. The van der Waals surface area contributed by atoms with E-state index in [4.69, 9.17) is 5.11 Å². The molecule has 0 radical (unpaired) electrons. The largest absolute Gasteiger partial charge is 0.481 e. The van der Waals surface area contributed by atoms with Gasteiger partial charge in [-0.2, -0.15) is 0 Å². The third-order valence-electron chi connectivity index (χ3n) is 5.91. The summed E-state index contributed by atoms with van der Waals surface area (Å²) in [6.07, 6.45) is 17.2. The Morgan fingerprint density at radius 2 is 1.48 bits per heavy atom. The van der Waals surface area contributed by atoms with Gasteiger partial charge < -0.3 is 10.2 Å². The molecule has 1 unspecified atom stereocenters. The van der Waals surface area contributed by atoms with Crippen molar-refractivity contribution >= 4 is 11.8 Å². The minimum Gasteiger partial charge on any atom is -0.481 e. The monoisotopic (exact) mass is 383 g/mol. The number of carboxylic acids is 1. The van der Waals surface area contributed by atoms with Gasteiger partial charge in [0.05, 0.1) is 26.1 Å². The molecule has 1 aliphatic heterocycles. The van der Waals surface area contributed by atoms with Crippen molar-refractivity contribution in [2.24, 2.45) is 4.99 Å². The first-order chi connectivity index (χ1) is 13.1. The van der Waals surface area contributed by atoms with Crippen LogP contribution in [-0.4, -0.2) is 59.3 Å². The van der Waals surface area contributed by atoms with Crippen LogP contribution in [0.15, 0.2) is 4.99 Å². The number of quaternary nitrogens is 1.